The number of nitrogens with one attached hydrogen (secondary N) is 1. The zero-order chi connectivity index (χ0) is 25.7. The smallest absolute Gasteiger partial charge is 0.259 e. The molecule has 0 aliphatic carbocycles. The van der Waals surface area contributed by atoms with Gasteiger partial charge in [-0.2, -0.15) is 5.10 Å². The van der Waals surface area contributed by atoms with Crippen molar-refractivity contribution in [2.75, 3.05) is 32.8 Å². The standard InChI is InChI=1S/C29H36N6O2/c1-19-13-27-25(28-26(29(36)31-27)15-30-35(28)23-6-11-37-12-7-23)14-24(19)21(3)34-10-9-33(20(2)16-34)18-22-5-8-32(4)17-22/h5,8,13-15,17,20,23H,3,6-7,9-12,16,18H2,1-2,4H3,(H,31,36)/t20-/m0/s1. The Morgan fingerprint density at radius 3 is 2.76 bits per heavy atom. The van der Waals surface area contributed by atoms with Crippen molar-refractivity contribution in [2.45, 2.75) is 45.3 Å². The number of aromatic nitrogens is 4. The fourth-order valence-corrected chi connectivity index (χ4v) is 6.05. The molecule has 1 atom stereocenters. The third-order valence-corrected chi connectivity index (χ3v) is 8.18. The molecule has 0 amide bonds. The number of benzene rings is 1. The van der Waals surface area contributed by atoms with Gasteiger partial charge in [-0.1, -0.05) is 6.58 Å². The Morgan fingerprint density at radius 1 is 1.22 bits per heavy atom. The summed E-state index contributed by atoms with van der Waals surface area (Å²) >= 11 is 0. The molecule has 2 aliphatic heterocycles. The molecule has 194 valence electrons. The molecule has 8 heteroatoms. The van der Waals surface area contributed by atoms with E-state index in [2.05, 4.69) is 87.2 Å². The molecular weight excluding hydrogens is 464 g/mol. The lowest BCUT2D eigenvalue weighted by atomic mass is 9.99. The molecule has 5 heterocycles. The summed E-state index contributed by atoms with van der Waals surface area (Å²) in [7, 11) is 2.07. The monoisotopic (exact) mass is 500 g/mol. The summed E-state index contributed by atoms with van der Waals surface area (Å²) in [6, 6.07) is 7.16. The third-order valence-electron chi connectivity index (χ3n) is 8.18. The fraction of sp³-hybridized carbons (Fsp3) is 0.448. The van der Waals surface area contributed by atoms with Crippen molar-refractivity contribution in [1.29, 1.82) is 0 Å². The molecule has 0 bridgehead atoms. The van der Waals surface area contributed by atoms with Crippen LogP contribution < -0.4 is 5.56 Å². The summed E-state index contributed by atoms with van der Waals surface area (Å²) in [5, 5.41) is 6.34. The molecule has 1 aromatic carbocycles. The van der Waals surface area contributed by atoms with Crippen molar-refractivity contribution < 1.29 is 4.74 Å². The molecule has 2 aliphatic rings. The van der Waals surface area contributed by atoms with Gasteiger partial charge in [-0.25, -0.2) is 0 Å². The van der Waals surface area contributed by atoms with Crippen LogP contribution in [0.3, 0.4) is 0 Å². The van der Waals surface area contributed by atoms with Crippen LogP contribution in [0.2, 0.25) is 0 Å². The number of aromatic amines is 1. The third kappa shape index (κ3) is 4.38. The predicted octanol–water partition coefficient (Wildman–Crippen LogP) is 4.05. The second kappa shape index (κ2) is 9.50. The van der Waals surface area contributed by atoms with Gasteiger partial charge in [0.05, 0.1) is 28.7 Å². The second-order valence-corrected chi connectivity index (χ2v) is 10.8. The number of pyridine rings is 1. The Bertz CT molecular complexity index is 1520. The topological polar surface area (TPSA) is 71.3 Å². The predicted molar refractivity (Wildman–Crippen MR) is 148 cm³/mol. The first kappa shape index (κ1) is 24.0. The van der Waals surface area contributed by atoms with Gasteiger partial charge in [-0.05, 0) is 56.0 Å². The SMILES string of the molecule is C=C(c1cc2c(cc1C)[nH]c(=O)c1cnn(C3CCOCC3)c12)N1CCN(Cc2ccn(C)c2)[C@@H](C)C1. The zero-order valence-corrected chi connectivity index (χ0v) is 22.0. The van der Waals surface area contributed by atoms with Crippen molar-refractivity contribution >= 4 is 27.5 Å². The van der Waals surface area contributed by atoms with Crippen molar-refractivity contribution in [3.63, 3.8) is 0 Å². The van der Waals surface area contributed by atoms with Crippen LogP contribution in [0.5, 0.6) is 0 Å². The number of fused-ring (bicyclic) bond motifs is 3. The fourth-order valence-electron chi connectivity index (χ4n) is 6.05. The molecule has 3 aromatic heterocycles. The van der Waals surface area contributed by atoms with E-state index in [4.69, 9.17) is 4.74 Å². The van der Waals surface area contributed by atoms with E-state index in [0.29, 0.717) is 11.4 Å². The number of H-pyrrole nitrogens is 1. The number of aryl methyl sites for hydroxylation is 2. The summed E-state index contributed by atoms with van der Waals surface area (Å²) < 4.78 is 9.74. The van der Waals surface area contributed by atoms with Crippen LogP contribution in [0.4, 0.5) is 0 Å². The highest BCUT2D eigenvalue weighted by Crippen LogP contribution is 2.32. The Kier molecular flexibility index (Phi) is 6.16. The minimum atomic E-state index is -0.0878. The summed E-state index contributed by atoms with van der Waals surface area (Å²) in [5.41, 5.74) is 6.32. The molecule has 6 rings (SSSR count). The van der Waals surface area contributed by atoms with E-state index in [1.165, 1.54) is 5.56 Å². The highest BCUT2D eigenvalue weighted by Gasteiger charge is 2.26. The highest BCUT2D eigenvalue weighted by atomic mass is 16.5. The average Bonchev–Trinajstić information content (AvgIpc) is 3.52. The van der Waals surface area contributed by atoms with E-state index in [0.717, 1.165) is 85.5 Å². The Hall–Kier alpha value is -3.36. The van der Waals surface area contributed by atoms with Gasteiger partial charge in [0.1, 0.15) is 0 Å². The van der Waals surface area contributed by atoms with Crippen LogP contribution in [-0.4, -0.2) is 68.0 Å². The molecule has 2 fully saturated rings. The van der Waals surface area contributed by atoms with Gasteiger partial charge in [0, 0.05) is 81.5 Å². The number of hydrogen-bond acceptors (Lipinski definition) is 5. The minimum absolute atomic E-state index is 0.0878. The largest absolute Gasteiger partial charge is 0.381 e. The van der Waals surface area contributed by atoms with E-state index in [9.17, 15) is 4.79 Å². The van der Waals surface area contributed by atoms with Crippen LogP contribution in [0.25, 0.3) is 27.5 Å². The molecule has 37 heavy (non-hydrogen) atoms. The normalized spacial score (nSPS) is 19.8. The van der Waals surface area contributed by atoms with E-state index in [1.54, 1.807) is 6.20 Å². The van der Waals surface area contributed by atoms with Crippen molar-refractivity contribution in [2.24, 2.45) is 7.05 Å². The highest BCUT2D eigenvalue weighted by molar-refractivity contribution is 6.04. The number of nitrogens with zero attached hydrogens (tertiary/aromatic N) is 5. The molecule has 0 unspecified atom stereocenters. The van der Waals surface area contributed by atoms with Crippen LogP contribution >= 0.6 is 0 Å². The van der Waals surface area contributed by atoms with Gasteiger partial charge in [-0.3, -0.25) is 14.4 Å². The van der Waals surface area contributed by atoms with Gasteiger partial charge in [-0.15, -0.1) is 0 Å². The minimum Gasteiger partial charge on any atom is -0.381 e. The lowest BCUT2D eigenvalue weighted by Crippen LogP contribution is -2.50. The van der Waals surface area contributed by atoms with Gasteiger partial charge in [0.15, 0.2) is 0 Å². The molecule has 8 nitrogen and oxygen atoms in total. The van der Waals surface area contributed by atoms with Gasteiger partial charge in [0.2, 0.25) is 0 Å². The lowest BCUT2D eigenvalue weighted by molar-refractivity contribution is 0.0675. The Balaban J connectivity index is 1.32. The van der Waals surface area contributed by atoms with Crippen LogP contribution in [0, 0.1) is 6.92 Å². The van der Waals surface area contributed by atoms with Gasteiger partial charge >= 0.3 is 0 Å². The molecule has 4 aromatic rings. The molecule has 2 saturated heterocycles. The van der Waals surface area contributed by atoms with E-state index < -0.39 is 0 Å². The molecular formula is C29H36N6O2. The first-order valence-electron chi connectivity index (χ1n) is 13.3. The average molecular weight is 501 g/mol. The van der Waals surface area contributed by atoms with E-state index in [1.807, 2.05) is 0 Å². The van der Waals surface area contributed by atoms with E-state index >= 15 is 0 Å². The maximum absolute atomic E-state index is 12.9. The summed E-state index contributed by atoms with van der Waals surface area (Å²) in [4.78, 5) is 21.0. The summed E-state index contributed by atoms with van der Waals surface area (Å²) in [5.74, 6) is 0. The maximum atomic E-state index is 12.9. The van der Waals surface area contributed by atoms with Crippen molar-refractivity contribution in [3.8, 4) is 0 Å². The van der Waals surface area contributed by atoms with Crippen LogP contribution in [0.1, 0.15) is 42.5 Å². The molecule has 0 radical (unpaired) electrons. The Labute approximate surface area is 217 Å². The number of rotatable bonds is 5. The van der Waals surface area contributed by atoms with Crippen LogP contribution in [0.15, 0.2) is 48.2 Å². The molecule has 0 spiro atoms. The number of ether oxygens (including phenoxy) is 1. The first-order chi connectivity index (χ1) is 17.9. The van der Waals surface area contributed by atoms with Crippen molar-refractivity contribution in [1.82, 2.24) is 29.1 Å². The quantitative estimate of drug-likeness (QED) is 0.448. The van der Waals surface area contributed by atoms with E-state index in [-0.39, 0.29) is 11.6 Å². The van der Waals surface area contributed by atoms with Gasteiger partial charge in [0.25, 0.3) is 5.56 Å². The number of hydrogen-bond donors (Lipinski definition) is 1. The maximum Gasteiger partial charge on any atom is 0.259 e. The summed E-state index contributed by atoms with van der Waals surface area (Å²) in [6.07, 6.45) is 7.83. The number of piperazine rings is 1. The van der Waals surface area contributed by atoms with Gasteiger partial charge < -0.3 is 19.2 Å². The zero-order valence-electron chi connectivity index (χ0n) is 22.0. The lowest BCUT2D eigenvalue weighted by Gasteiger charge is -2.42. The Morgan fingerprint density at radius 2 is 2.03 bits per heavy atom. The summed E-state index contributed by atoms with van der Waals surface area (Å²) in [6.45, 7) is 14.3. The molecule has 0 saturated carbocycles. The first-order valence-corrected chi connectivity index (χ1v) is 13.3. The van der Waals surface area contributed by atoms with Crippen molar-refractivity contribution in [3.05, 3.63) is 70.4 Å². The molecule has 1 N–H and O–H groups in total. The van der Waals surface area contributed by atoms with Crippen LogP contribution in [-0.2, 0) is 18.3 Å². The second-order valence-electron chi connectivity index (χ2n) is 10.8.